The first-order chi connectivity index (χ1) is 12.7. The number of morpholine rings is 1. The maximum Gasteiger partial charge on any atom is 0.127 e. The molecule has 1 saturated heterocycles. The van der Waals surface area contributed by atoms with Gasteiger partial charge in [-0.2, -0.15) is 5.10 Å². The normalized spacial score (nSPS) is 15.7. The number of methoxy groups -OCH3 is 1. The van der Waals surface area contributed by atoms with Crippen LogP contribution in [0.5, 0.6) is 5.75 Å². The first kappa shape index (κ1) is 18.7. The van der Waals surface area contributed by atoms with Crippen molar-refractivity contribution in [3.63, 3.8) is 0 Å². The van der Waals surface area contributed by atoms with Gasteiger partial charge in [-0.3, -0.25) is 5.43 Å². The van der Waals surface area contributed by atoms with Gasteiger partial charge in [-0.25, -0.2) is 0 Å². The Labute approximate surface area is 159 Å². The molecule has 5 nitrogen and oxygen atoms in total. The van der Waals surface area contributed by atoms with Crippen LogP contribution in [0.25, 0.3) is 0 Å². The van der Waals surface area contributed by atoms with Crippen LogP contribution in [0.4, 0.5) is 5.69 Å². The molecule has 0 atom stereocenters. The molecule has 1 fully saturated rings. The number of quaternary nitrogens is 1. The highest BCUT2D eigenvalue weighted by Gasteiger charge is 2.17. The van der Waals surface area contributed by atoms with Crippen LogP contribution in [0.15, 0.2) is 47.6 Å². The average molecular weight is 375 g/mol. The van der Waals surface area contributed by atoms with E-state index in [1.54, 1.807) is 7.11 Å². The second kappa shape index (κ2) is 9.03. The Morgan fingerprint density at radius 1 is 1.19 bits per heavy atom. The fourth-order valence-electron chi connectivity index (χ4n) is 2.99. The number of halogens is 1. The molecule has 0 bridgehead atoms. The average Bonchev–Trinajstić information content (AvgIpc) is 2.68. The van der Waals surface area contributed by atoms with E-state index in [0.717, 1.165) is 55.6 Å². The summed E-state index contributed by atoms with van der Waals surface area (Å²) in [7, 11) is 1.72. The summed E-state index contributed by atoms with van der Waals surface area (Å²) >= 11 is 5.91. The minimum Gasteiger partial charge on any atom is -0.496 e. The molecule has 0 spiro atoms. The zero-order chi connectivity index (χ0) is 18.4. The molecule has 0 unspecified atom stereocenters. The highest BCUT2D eigenvalue weighted by molar-refractivity contribution is 6.30. The molecular formula is C20H25ClN3O2+. The third-order valence-electron chi connectivity index (χ3n) is 4.54. The minimum absolute atomic E-state index is 0.710. The standard InChI is InChI=1S/C20H24ClN3O2/c1-15(22-23-19-6-4-18(21)5-7-19)16-3-8-20(25-2)17(13-16)14-24-9-11-26-12-10-24/h3-8,13,23H,9-12,14H2,1-2H3/p+1/b22-15-. The van der Waals surface area contributed by atoms with E-state index in [0.29, 0.717) is 5.02 Å². The van der Waals surface area contributed by atoms with Crippen molar-refractivity contribution in [3.05, 3.63) is 58.6 Å². The molecule has 26 heavy (non-hydrogen) atoms. The molecule has 138 valence electrons. The molecule has 3 rings (SSSR count). The number of hydrazone groups is 1. The van der Waals surface area contributed by atoms with Crippen molar-refractivity contribution in [1.29, 1.82) is 0 Å². The van der Waals surface area contributed by atoms with Crippen LogP contribution < -0.4 is 15.1 Å². The summed E-state index contributed by atoms with van der Waals surface area (Å²) in [5.74, 6) is 0.922. The molecular weight excluding hydrogens is 350 g/mol. The lowest BCUT2D eigenvalue weighted by Crippen LogP contribution is -3.12. The molecule has 0 saturated carbocycles. The highest BCUT2D eigenvalue weighted by atomic mass is 35.5. The molecule has 0 amide bonds. The zero-order valence-electron chi connectivity index (χ0n) is 15.2. The molecule has 0 radical (unpaired) electrons. The Bertz CT molecular complexity index is 756. The fraction of sp³-hybridized carbons (Fsp3) is 0.350. The zero-order valence-corrected chi connectivity index (χ0v) is 16.0. The van der Waals surface area contributed by atoms with Gasteiger partial charge in [0.15, 0.2) is 0 Å². The number of nitrogens with zero attached hydrogens (tertiary/aromatic N) is 1. The second-order valence-corrected chi connectivity index (χ2v) is 6.82. The highest BCUT2D eigenvalue weighted by Crippen LogP contribution is 2.20. The van der Waals surface area contributed by atoms with Gasteiger partial charge in [0.05, 0.1) is 31.7 Å². The summed E-state index contributed by atoms with van der Waals surface area (Å²) in [6.07, 6.45) is 0. The van der Waals surface area contributed by atoms with Crippen LogP contribution in [0.3, 0.4) is 0 Å². The van der Waals surface area contributed by atoms with Crippen LogP contribution in [0, 0.1) is 0 Å². The Hall–Kier alpha value is -2.08. The lowest BCUT2D eigenvalue weighted by atomic mass is 10.1. The van der Waals surface area contributed by atoms with E-state index >= 15 is 0 Å². The van der Waals surface area contributed by atoms with E-state index in [2.05, 4.69) is 16.6 Å². The third-order valence-corrected chi connectivity index (χ3v) is 4.79. The van der Waals surface area contributed by atoms with Gasteiger partial charge in [0.1, 0.15) is 25.4 Å². The van der Waals surface area contributed by atoms with Crippen molar-refractivity contribution in [2.75, 3.05) is 38.8 Å². The second-order valence-electron chi connectivity index (χ2n) is 6.38. The van der Waals surface area contributed by atoms with Crippen molar-refractivity contribution in [3.8, 4) is 5.75 Å². The molecule has 2 N–H and O–H groups in total. The quantitative estimate of drug-likeness (QED) is 0.603. The Morgan fingerprint density at radius 2 is 1.92 bits per heavy atom. The van der Waals surface area contributed by atoms with Gasteiger partial charge in [-0.15, -0.1) is 0 Å². The van der Waals surface area contributed by atoms with Crippen molar-refractivity contribution in [1.82, 2.24) is 0 Å². The SMILES string of the molecule is COc1ccc(/C(C)=N\Nc2ccc(Cl)cc2)cc1C[NH+]1CCOCC1. The van der Waals surface area contributed by atoms with Gasteiger partial charge in [0, 0.05) is 10.6 Å². The van der Waals surface area contributed by atoms with Crippen molar-refractivity contribution >= 4 is 23.0 Å². The topological polar surface area (TPSA) is 47.3 Å². The lowest BCUT2D eigenvalue weighted by Gasteiger charge is -2.24. The van der Waals surface area contributed by atoms with E-state index in [4.69, 9.17) is 21.1 Å². The minimum atomic E-state index is 0.710. The van der Waals surface area contributed by atoms with Crippen molar-refractivity contribution in [2.24, 2.45) is 5.10 Å². The maximum absolute atomic E-state index is 5.91. The van der Waals surface area contributed by atoms with E-state index in [9.17, 15) is 0 Å². The van der Waals surface area contributed by atoms with Crippen LogP contribution in [0.2, 0.25) is 5.02 Å². The third kappa shape index (κ3) is 4.97. The molecule has 1 heterocycles. The summed E-state index contributed by atoms with van der Waals surface area (Å²) in [5, 5.41) is 5.20. The fourth-order valence-corrected chi connectivity index (χ4v) is 3.11. The predicted molar refractivity (Wildman–Crippen MR) is 105 cm³/mol. The number of ether oxygens (including phenoxy) is 2. The Kier molecular flexibility index (Phi) is 6.50. The van der Waals surface area contributed by atoms with Gasteiger partial charge >= 0.3 is 0 Å². The predicted octanol–water partition coefficient (Wildman–Crippen LogP) is 2.60. The largest absolute Gasteiger partial charge is 0.496 e. The first-order valence-corrected chi connectivity index (χ1v) is 9.18. The van der Waals surface area contributed by atoms with E-state index < -0.39 is 0 Å². The smallest absolute Gasteiger partial charge is 0.127 e. The number of hydrogen-bond donors (Lipinski definition) is 2. The number of benzene rings is 2. The van der Waals surface area contributed by atoms with Crippen molar-refractivity contribution in [2.45, 2.75) is 13.5 Å². The van der Waals surface area contributed by atoms with Gasteiger partial charge in [0.2, 0.25) is 0 Å². The van der Waals surface area contributed by atoms with Gasteiger partial charge < -0.3 is 14.4 Å². The van der Waals surface area contributed by atoms with E-state index in [1.807, 2.05) is 43.3 Å². The molecule has 0 aliphatic carbocycles. The summed E-state index contributed by atoms with van der Waals surface area (Å²) in [6, 6.07) is 13.7. The van der Waals surface area contributed by atoms with Gasteiger partial charge in [0.25, 0.3) is 0 Å². The number of anilines is 1. The molecule has 2 aromatic carbocycles. The lowest BCUT2D eigenvalue weighted by molar-refractivity contribution is -0.921. The number of nitrogens with one attached hydrogen (secondary N) is 2. The molecule has 1 aliphatic rings. The molecule has 2 aromatic rings. The summed E-state index contributed by atoms with van der Waals surface area (Å²) < 4.78 is 11.0. The van der Waals surface area contributed by atoms with Crippen LogP contribution in [0.1, 0.15) is 18.1 Å². The van der Waals surface area contributed by atoms with E-state index in [-0.39, 0.29) is 0 Å². The Morgan fingerprint density at radius 3 is 2.62 bits per heavy atom. The molecule has 6 heteroatoms. The number of rotatable bonds is 6. The van der Waals surface area contributed by atoms with E-state index in [1.165, 1.54) is 10.5 Å². The number of hydrogen-bond acceptors (Lipinski definition) is 4. The van der Waals surface area contributed by atoms with Crippen LogP contribution in [-0.2, 0) is 11.3 Å². The summed E-state index contributed by atoms with van der Waals surface area (Å²) in [6.45, 7) is 6.62. The maximum atomic E-state index is 5.91. The molecule has 1 aliphatic heterocycles. The monoisotopic (exact) mass is 374 g/mol. The van der Waals surface area contributed by atoms with Gasteiger partial charge in [-0.05, 0) is 55.0 Å². The van der Waals surface area contributed by atoms with Gasteiger partial charge in [-0.1, -0.05) is 11.6 Å². The first-order valence-electron chi connectivity index (χ1n) is 8.80. The molecule has 0 aromatic heterocycles. The Balaban J connectivity index is 1.74. The van der Waals surface area contributed by atoms with Crippen molar-refractivity contribution < 1.29 is 14.4 Å². The van der Waals surface area contributed by atoms with Crippen LogP contribution >= 0.6 is 11.6 Å². The summed E-state index contributed by atoms with van der Waals surface area (Å²) in [5.41, 5.74) is 7.17. The summed E-state index contributed by atoms with van der Waals surface area (Å²) in [4.78, 5) is 1.51. The van der Waals surface area contributed by atoms with Crippen LogP contribution in [-0.4, -0.2) is 39.1 Å².